The molecule has 0 aliphatic carbocycles. The lowest BCUT2D eigenvalue weighted by Gasteiger charge is -2.18. The highest BCUT2D eigenvalue weighted by molar-refractivity contribution is 6.10. The number of fused-ring (bicyclic) bond motifs is 1. The molecule has 0 aliphatic heterocycles. The van der Waals surface area contributed by atoms with Crippen LogP contribution in [0.5, 0.6) is 0 Å². The fraction of sp³-hybridized carbons (Fsp3) is 0.250. The SMILES string of the molecule is CCCCNC(C(=O)c1c[nH]c2ccccc12)c1ccccc1. The maximum atomic E-state index is 13.1. The quantitative estimate of drug-likeness (QED) is 0.499. The number of carbonyl (C=O) groups excluding carboxylic acids is 1. The minimum absolute atomic E-state index is 0.116. The third-order valence-electron chi connectivity index (χ3n) is 4.13. The van der Waals surface area contributed by atoms with Crippen LogP contribution >= 0.6 is 0 Å². The highest BCUT2D eigenvalue weighted by Gasteiger charge is 2.23. The van der Waals surface area contributed by atoms with Crippen LogP contribution in [0.3, 0.4) is 0 Å². The number of hydrogen-bond donors (Lipinski definition) is 2. The van der Waals surface area contributed by atoms with E-state index in [1.54, 1.807) is 0 Å². The second-order valence-electron chi connectivity index (χ2n) is 5.76. The minimum atomic E-state index is -0.304. The van der Waals surface area contributed by atoms with Gasteiger partial charge in [-0.1, -0.05) is 61.9 Å². The lowest BCUT2D eigenvalue weighted by Crippen LogP contribution is -2.29. The number of ketones is 1. The molecular formula is C20H22N2O. The van der Waals surface area contributed by atoms with Crippen molar-refractivity contribution < 1.29 is 4.79 Å². The van der Waals surface area contributed by atoms with Crippen LogP contribution in [0.2, 0.25) is 0 Å². The van der Waals surface area contributed by atoms with Gasteiger partial charge in [0.25, 0.3) is 0 Å². The molecule has 2 N–H and O–H groups in total. The van der Waals surface area contributed by atoms with E-state index in [0.29, 0.717) is 0 Å². The summed E-state index contributed by atoms with van der Waals surface area (Å²) in [4.78, 5) is 16.3. The van der Waals surface area contributed by atoms with Gasteiger partial charge in [0, 0.05) is 22.7 Å². The zero-order chi connectivity index (χ0) is 16.1. The molecule has 1 atom stereocenters. The number of aromatic amines is 1. The molecule has 23 heavy (non-hydrogen) atoms. The standard InChI is InChI=1S/C20H22N2O/c1-2-3-13-21-19(15-9-5-4-6-10-15)20(23)17-14-22-18-12-8-7-11-16(17)18/h4-12,14,19,21-22H,2-3,13H2,1H3. The van der Waals surface area contributed by atoms with Crippen LogP contribution in [0.1, 0.15) is 41.7 Å². The zero-order valence-corrected chi connectivity index (χ0v) is 13.4. The number of benzene rings is 2. The number of para-hydroxylation sites is 1. The average Bonchev–Trinajstić information content (AvgIpc) is 3.03. The van der Waals surface area contributed by atoms with Crippen molar-refractivity contribution in [3.63, 3.8) is 0 Å². The van der Waals surface area contributed by atoms with E-state index < -0.39 is 0 Å². The third kappa shape index (κ3) is 3.35. The predicted octanol–water partition coefficient (Wildman–Crippen LogP) is 4.48. The first-order valence-electron chi connectivity index (χ1n) is 8.20. The smallest absolute Gasteiger partial charge is 0.186 e. The molecule has 3 heteroatoms. The van der Waals surface area contributed by atoms with Crippen LogP contribution in [0.15, 0.2) is 60.8 Å². The van der Waals surface area contributed by atoms with E-state index in [1.165, 1.54) is 0 Å². The van der Waals surface area contributed by atoms with Crippen LogP contribution in [-0.2, 0) is 0 Å². The number of Topliss-reactive ketones (excluding diaryl/α,β-unsaturated/α-hetero) is 1. The van der Waals surface area contributed by atoms with Crippen LogP contribution < -0.4 is 5.32 Å². The Morgan fingerprint density at radius 1 is 1.09 bits per heavy atom. The lowest BCUT2D eigenvalue weighted by molar-refractivity contribution is 0.0944. The Balaban J connectivity index is 1.93. The van der Waals surface area contributed by atoms with Gasteiger partial charge < -0.3 is 10.3 Å². The van der Waals surface area contributed by atoms with E-state index in [-0.39, 0.29) is 11.8 Å². The second-order valence-corrected chi connectivity index (χ2v) is 5.76. The molecule has 1 aromatic heterocycles. The first-order valence-corrected chi connectivity index (χ1v) is 8.20. The van der Waals surface area contributed by atoms with E-state index in [2.05, 4.69) is 17.2 Å². The van der Waals surface area contributed by atoms with Gasteiger partial charge in [0.15, 0.2) is 5.78 Å². The number of H-pyrrole nitrogens is 1. The van der Waals surface area contributed by atoms with Gasteiger partial charge in [-0.25, -0.2) is 0 Å². The summed E-state index contributed by atoms with van der Waals surface area (Å²) in [6.45, 7) is 2.99. The zero-order valence-electron chi connectivity index (χ0n) is 13.4. The molecule has 0 aliphatic rings. The van der Waals surface area contributed by atoms with E-state index in [9.17, 15) is 4.79 Å². The summed E-state index contributed by atoms with van der Waals surface area (Å²) in [5.41, 5.74) is 2.76. The fourth-order valence-corrected chi connectivity index (χ4v) is 2.86. The Bertz CT molecular complexity index is 776. The number of carbonyl (C=O) groups is 1. The van der Waals surface area contributed by atoms with Crippen LogP contribution in [0, 0.1) is 0 Å². The van der Waals surface area contributed by atoms with E-state index >= 15 is 0 Å². The molecule has 3 rings (SSSR count). The normalized spacial score (nSPS) is 12.4. The van der Waals surface area contributed by atoms with Gasteiger partial charge in [-0.05, 0) is 24.6 Å². The number of hydrogen-bond acceptors (Lipinski definition) is 2. The number of rotatable bonds is 7. The Morgan fingerprint density at radius 3 is 2.61 bits per heavy atom. The monoisotopic (exact) mass is 306 g/mol. The maximum Gasteiger partial charge on any atom is 0.186 e. The Morgan fingerprint density at radius 2 is 1.83 bits per heavy atom. The fourth-order valence-electron chi connectivity index (χ4n) is 2.86. The van der Waals surface area contributed by atoms with Crippen molar-refractivity contribution >= 4 is 16.7 Å². The van der Waals surface area contributed by atoms with Gasteiger partial charge in [-0.3, -0.25) is 4.79 Å². The second kappa shape index (κ2) is 7.25. The topological polar surface area (TPSA) is 44.9 Å². The molecule has 3 aromatic rings. The van der Waals surface area contributed by atoms with Crippen molar-refractivity contribution in [1.82, 2.24) is 10.3 Å². The van der Waals surface area contributed by atoms with Gasteiger partial charge >= 0.3 is 0 Å². The number of unbranched alkanes of at least 4 members (excludes halogenated alkanes) is 1. The van der Waals surface area contributed by atoms with Gasteiger partial charge in [-0.15, -0.1) is 0 Å². The third-order valence-corrected chi connectivity index (χ3v) is 4.13. The molecule has 1 heterocycles. The minimum Gasteiger partial charge on any atom is -0.360 e. The molecular weight excluding hydrogens is 284 g/mol. The molecule has 0 bridgehead atoms. The summed E-state index contributed by atoms with van der Waals surface area (Å²) in [6, 6.07) is 17.6. The molecule has 118 valence electrons. The molecule has 0 saturated heterocycles. The van der Waals surface area contributed by atoms with Crippen LogP contribution in [0.4, 0.5) is 0 Å². The van der Waals surface area contributed by atoms with Gasteiger partial charge in [0.2, 0.25) is 0 Å². The van der Waals surface area contributed by atoms with Crippen LogP contribution in [0.25, 0.3) is 10.9 Å². The maximum absolute atomic E-state index is 13.1. The lowest BCUT2D eigenvalue weighted by atomic mass is 9.97. The van der Waals surface area contributed by atoms with Crippen molar-refractivity contribution in [2.24, 2.45) is 0 Å². The molecule has 0 amide bonds. The predicted molar refractivity (Wildman–Crippen MR) is 94.7 cm³/mol. The number of nitrogens with one attached hydrogen (secondary N) is 2. The van der Waals surface area contributed by atoms with E-state index in [0.717, 1.165) is 41.4 Å². The van der Waals surface area contributed by atoms with Crippen LogP contribution in [-0.4, -0.2) is 17.3 Å². The molecule has 0 fully saturated rings. The Hall–Kier alpha value is -2.39. The largest absolute Gasteiger partial charge is 0.360 e. The Kier molecular flexibility index (Phi) is 4.89. The number of aromatic nitrogens is 1. The van der Waals surface area contributed by atoms with Crippen molar-refractivity contribution in [1.29, 1.82) is 0 Å². The molecule has 0 spiro atoms. The summed E-state index contributed by atoms with van der Waals surface area (Å²) in [5, 5.41) is 4.41. The summed E-state index contributed by atoms with van der Waals surface area (Å²) in [7, 11) is 0. The summed E-state index contributed by atoms with van der Waals surface area (Å²) in [6.07, 6.45) is 3.99. The highest BCUT2D eigenvalue weighted by atomic mass is 16.1. The summed E-state index contributed by atoms with van der Waals surface area (Å²) in [5.74, 6) is 0.116. The average molecular weight is 306 g/mol. The molecule has 0 saturated carbocycles. The summed E-state index contributed by atoms with van der Waals surface area (Å²) < 4.78 is 0. The van der Waals surface area contributed by atoms with Crippen molar-refractivity contribution in [2.75, 3.05) is 6.54 Å². The van der Waals surface area contributed by atoms with Gasteiger partial charge in [0.1, 0.15) is 0 Å². The summed E-state index contributed by atoms with van der Waals surface area (Å²) >= 11 is 0. The van der Waals surface area contributed by atoms with E-state index in [1.807, 2.05) is 60.8 Å². The highest BCUT2D eigenvalue weighted by Crippen LogP contribution is 2.24. The van der Waals surface area contributed by atoms with Crippen molar-refractivity contribution in [3.8, 4) is 0 Å². The van der Waals surface area contributed by atoms with E-state index in [4.69, 9.17) is 0 Å². The molecule has 0 radical (unpaired) electrons. The molecule has 3 nitrogen and oxygen atoms in total. The molecule has 1 unspecified atom stereocenters. The first-order chi connectivity index (χ1) is 11.3. The Labute approximate surface area is 136 Å². The first kappa shape index (κ1) is 15.5. The van der Waals surface area contributed by atoms with Gasteiger partial charge in [0.05, 0.1) is 6.04 Å². The van der Waals surface area contributed by atoms with Crippen molar-refractivity contribution in [3.05, 3.63) is 71.9 Å². The van der Waals surface area contributed by atoms with Gasteiger partial charge in [-0.2, -0.15) is 0 Å². The molecule has 2 aromatic carbocycles. The van der Waals surface area contributed by atoms with Crippen molar-refractivity contribution in [2.45, 2.75) is 25.8 Å².